The molecule has 7 heteroatoms. The third-order valence-corrected chi connectivity index (χ3v) is 4.22. The average Bonchev–Trinajstić information content (AvgIpc) is 3.05. The molecular weight excluding hydrogens is 404 g/mol. The van der Waals surface area contributed by atoms with Gasteiger partial charge in [0.2, 0.25) is 0 Å². The molecule has 1 N–H and O–H groups in total. The van der Waals surface area contributed by atoms with E-state index in [0.717, 1.165) is 15.6 Å². The maximum absolute atomic E-state index is 12.1. The number of carbonyl (C=O) groups excluding carboxylic acids is 1. The summed E-state index contributed by atoms with van der Waals surface area (Å²) in [5.74, 6) is -0.378. The molecule has 0 aliphatic carbocycles. The molecule has 1 aromatic heterocycles. The number of rotatable bonds is 5. The van der Waals surface area contributed by atoms with Gasteiger partial charge in [-0.15, -0.1) is 0 Å². The Labute approximate surface area is 158 Å². The summed E-state index contributed by atoms with van der Waals surface area (Å²) in [5, 5.41) is 8.76. The highest BCUT2D eigenvalue weighted by Gasteiger charge is 2.08. The van der Waals surface area contributed by atoms with Crippen LogP contribution < -0.4 is 5.43 Å². The second-order valence-electron chi connectivity index (χ2n) is 5.25. The third kappa shape index (κ3) is 4.78. The molecule has 126 valence electrons. The van der Waals surface area contributed by atoms with E-state index in [9.17, 15) is 4.79 Å². The lowest BCUT2D eigenvalue weighted by Crippen LogP contribution is -2.18. The average molecular weight is 418 g/mol. The van der Waals surface area contributed by atoms with Crippen molar-refractivity contribution in [3.05, 3.63) is 87.1 Å². The molecule has 1 amide bonds. The van der Waals surface area contributed by atoms with E-state index in [1.54, 1.807) is 23.0 Å². The van der Waals surface area contributed by atoms with Gasteiger partial charge in [0.25, 0.3) is 5.91 Å². The van der Waals surface area contributed by atoms with E-state index < -0.39 is 0 Å². The van der Waals surface area contributed by atoms with Gasteiger partial charge in [0.15, 0.2) is 5.69 Å². The molecule has 2 aromatic carbocycles. The van der Waals surface area contributed by atoms with Crippen molar-refractivity contribution in [1.29, 1.82) is 0 Å². The van der Waals surface area contributed by atoms with Gasteiger partial charge in [0.05, 0.1) is 12.8 Å². The summed E-state index contributed by atoms with van der Waals surface area (Å²) < 4.78 is 2.71. The predicted octanol–water partition coefficient (Wildman–Crippen LogP) is 4.11. The van der Waals surface area contributed by atoms with Gasteiger partial charge in [-0.2, -0.15) is 10.2 Å². The van der Waals surface area contributed by atoms with Crippen molar-refractivity contribution in [2.75, 3.05) is 0 Å². The maximum Gasteiger partial charge on any atom is 0.291 e. The van der Waals surface area contributed by atoms with Crippen LogP contribution in [0.3, 0.4) is 0 Å². The number of carbonyl (C=O) groups is 1. The summed E-state index contributed by atoms with van der Waals surface area (Å²) in [6, 6.07) is 16.8. The number of aromatic nitrogens is 2. The highest BCUT2D eigenvalue weighted by atomic mass is 79.9. The number of nitrogens with one attached hydrogen (secondary N) is 1. The Kier molecular flexibility index (Phi) is 5.63. The van der Waals surface area contributed by atoms with Crippen molar-refractivity contribution in [2.45, 2.75) is 6.54 Å². The number of hydrogen-bond acceptors (Lipinski definition) is 3. The first kappa shape index (κ1) is 17.4. The molecule has 3 aromatic rings. The number of hydrazone groups is 1. The Morgan fingerprint density at radius 2 is 2.08 bits per heavy atom. The molecule has 25 heavy (non-hydrogen) atoms. The van der Waals surface area contributed by atoms with Gasteiger partial charge in [-0.25, -0.2) is 5.43 Å². The Morgan fingerprint density at radius 1 is 1.24 bits per heavy atom. The molecular formula is C18H14BrClN4O. The summed E-state index contributed by atoms with van der Waals surface area (Å²) in [6.45, 7) is 0.579. The van der Waals surface area contributed by atoms with Crippen LogP contribution in [-0.4, -0.2) is 21.9 Å². The minimum absolute atomic E-state index is 0.298. The van der Waals surface area contributed by atoms with Gasteiger partial charge in [-0.3, -0.25) is 9.48 Å². The van der Waals surface area contributed by atoms with Crippen LogP contribution in [0.15, 0.2) is 70.4 Å². The first-order chi connectivity index (χ1) is 12.1. The lowest BCUT2D eigenvalue weighted by Gasteiger charge is -2.02. The van der Waals surface area contributed by atoms with Gasteiger partial charge in [-0.1, -0.05) is 57.9 Å². The Hall–Kier alpha value is -2.44. The molecule has 5 nitrogen and oxygen atoms in total. The number of amides is 1. The highest BCUT2D eigenvalue weighted by molar-refractivity contribution is 9.10. The zero-order valence-corrected chi connectivity index (χ0v) is 15.4. The van der Waals surface area contributed by atoms with E-state index in [0.29, 0.717) is 17.3 Å². The molecule has 0 unspecified atom stereocenters. The van der Waals surface area contributed by atoms with E-state index in [4.69, 9.17) is 11.6 Å². The SMILES string of the molecule is O=C(N/N=C\c1ccccc1Cl)c1ccn(Cc2cccc(Br)c2)n1. The number of nitrogens with zero attached hydrogens (tertiary/aromatic N) is 3. The van der Waals surface area contributed by atoms with Gasteiger partial charge >= 0.3 is 0 Å². The fourth-order valence-corrected chi connectivity index (χ4v) is 2.82. The minimum atomic E-state index is -0.378. The van der Waals surface area contributed by atoms with E-state index in [1.807, 2.05) is 42.5 Å². The van der Waals surface area contributed by atoms with Gasteiger partial charge in [0, 0.05) is 21.3 Å². The molecule has 1 heterocycles. The summed E-state index contributed by atoms with van der Waals surface area (Å²) in [5.41, 5.74) is 4.56. The number of halogens is 2. The van der Waals surface area contributed by atoms with Crippen LogP contribution in [0, 0.1) is 0 Å². The Balaban J connectivity index is 1.62. The van der Waals surface area contributed by atoms with E-state index >= 15 is 0 Å². The van der Waals surface area contributed by atoms with Crippen LogP contribution in [-0.2, 0) is 6.54 Å². The molecule has 0 saturated carbocycles. The summed E-state index contributed by atoms with van der Waals surface area (Å²) in [6.07, 6.45) is 3.26. The van der Waals surface area contributed by atoms with Crippen molar-refractivity contribution >= 4 is 39.7 Å². The van der Waals surface area contributed by atoms with Crippen LogP contribution in [0.5, 0.6) is 0 Å². The normalized spacial score (nSPS) is 11.0. The van der Waals surface area contributed by atoms with Crippen LogP contribution in [0.25, 0.3) is 0 Å². The van der Waals surface area contributed by atoms with Crippen molar-refractivity contribution in [3.63, 3.8) is 0 Å². The van der Waals surface area contributed by atoms with Gasteiger partial charge in [0.1, 0.15) is 0 Å². The Morgan fingerprint density at radius 3 is 2.88 bits per heavy atom. The van der Waals surface area contributed by atoms with E-state index in [2.05, 4.69) is 31.6 Å². The zero-order chi connectivity index (χ0) is 17.6. The second kappa shape index (κ2) is 8.09. The topological polar surface area (TPSA) is 59.3 Å². The van der Waals surface area contributed by atoms with Crippen molar-refractivity contribution in [1.82, 2.24) is 15.2 Å². The quantitative estimate of drug-likeness (QED) is 0.502. The molecule has 3 rings (SSSR count). The monoisotopic (exact) mass is 416 g/mol. The number of hydrogen-bond donors (Lipinski definition) is 1. The predicted molar refractivity (Wildman–Crippen MR) is 102 cm³/mol. The van der Waals surface area contributed by atoms with Crippen LogP contribution in [0.2, 0.25) is 5.02 Å². The molecule has 0 saturated heterocycles. The van der Waals surface area contributed by atoms with Crippen LogP contribution in [0.1, 0.15) is 21.6 Å². The van der Waals surface area contributed by atoms with Crippen molar-refractivity contribution < 1.29 is 4.79 Å². The Bertz CT molecular complexity index is 923. The molecule has 0 aliphatic rings. The molecule has 0 aliphatic heterocycles. The van der Waals surface area contributed by atoms with Gasteiger partial charge < -0.3 is 0 Å². The number of benzene rings is 2. The molecule has 0 radical (unpaired) electrons. The van der Waals surface area contributed by atoms with Crippen LogP contribution >= 0.6 is 27.5 Å². The molecule has 0 atom stereocenters. The largest absolute Gasteiger partial charge is 0.291 e. The second-order valence-corrected chi connectivity index (χ2v) is 6.57. The van der Waals surface area contributed by atoms with Crippen molar-refractivity contribution in [2.24, 2.45) is 5.10 Å². The van der Waals surface area contributed by atoms with E-state index in [1.165, 1.54) is 6.21 Å². The lowest BCUT2D eigenvalue weighted by molar-refractivity contribution is 0.0949. The van der Waals surface area contributed by atoms with Crippen LogP contribution in [0.4, 0.5) is 0 Å². The molecule has 0 fully saturated rings. The van der Waals surface area contributed by atoms with E-state index in [-0.39, 0.29) is 5.91 Å². The summed E-state index contributed by atoms with van der Waals surface area (Å²) in [4.78, 5) is 12.1. The molecule has 0 spiro atoms. The smallest absolute Gasteiger partial charge is 0.268 e. The lowest BCUT2D eigenvalue weighted by atomic mass is 10.2. The molecule has 0 bridgehead atoms. The zero-order valence-electron chi connectivity index (χ0n) is 13.1. The maximum atomic E-state index is 12.1. The summed E-state index contributed by atoms with van der Waals surface area (Å²) in [7, 11) is 0. The highest BCUT2D eigenvalue weighted by Crippen LogP contribution is 2.13. The summed E-state index contributed by atoms with van der Waals surface area (Å²) >= 11 is 9.46. The standard InChI is InChI=1S/C18H14BrClN4O/c19-15-6-3-4-13(10-15)12-24-9-8-17(23-24)18(25)22-21-11-14-5-1-2-7-16(14)20/h1-11H,12H2,(H,22,25)/b21-11-. The minimum Gasteiger partial charge on any atom is -0.268 e. The first-order valence-corrected chi connectivity index (χ1v) is 8.65. The third-order valence-electron chi connectivity index (χ3n) is 3.38. The fraction of sp³-hybridized carbons (Fsp3) is 0.0556. The van der Waals surface area contributed by atoms with Gasteiger partial charge in [-0.05, 0) is 29.8 Å². The fourth-order valence-electron chi connectivity index (χ4n) is 2.19. The van der Waals surface area contributed by atoms with Crippen molar-refractivity contribution in [3.8, 4) is 0 Å². The first-order valence-electron chi connectivity index (χ1n) is 7.47.